The van der Waals surface area contributed by atoms with Crippen LogP contribution in [0.15, 0.2) is 6.20 Å². The van der Waals surface area contributed by atoms with Crippen molar-refractivity contribution < 1.29 is 36.9 Å². The number of hydrogen-bond acceptors (Lipinski definition) is 5. The predicted octanol–water partition coefficient (Wildman–Crippen LogP) is 0.619. The summed E-state index contributed by atoms with van der Waals surface area (Å²) < 4.78 is 16.1. The van der Waals surface area contributed by atoms with Crippen molar-refractivity contribution in [3.63, 3.8) is 0 Å². The van der Waals surface area contributed by atoms with Crippen LogP contribution in [0.5, 0.6) is 0 Å². The Hall–Kier alpha value is -0.0661. The fourth-order valence-corrected chi connectivity index (χ4v) is 0.366. The van der Waals surface area contributed by atoms with Gasteiger partial charge in [0.05, 0.1) is 0 Å². The Morgan fingerprint density at radius 1 is 1.71 bits per heavy atom. The van der Waals surface area contributed by atoms with E-state index >= 15 is 0 Å². The van der Waals surface area contributed by atoms with Crippen molar-refractivity contribution in [2.45, 2.75) is 6.92 Å². The molecule has 0 amide bonds. The molecule has 0 fully saturated rings. The Morgan fingerprint density at radius 3 is 2.36 bits per heavy atom. The van der Waals surface area contributed by atoms with Gasteiger partial charge in [-0.1, -0.05) is 29.0 Å². The van der Waals surface area contributed by atoms with Gasteiger partial charge in [0.2, 0.25) is 0 Å². The number of nitrogens with two attached hydrogens (primary N) is 1. The molecule has 3 N–H and O–H groups in total. The summed E-state index contributed by atoms with van der Waals surface area (Å²) in [5, 5.41) is 0. The second-order valence-electron chi connectivity index (χ2n) is 2.53. The molecule has 1 unspecified atom stereocenters. The molecule has 1 aromatic rings. The van der Waals surface area contributed by atoms with Crippen molar-refractivity contribution in [1.29, 1.82) is 4.78 Å². The van der Waals surface area contributed by atoms with Crippen molar-refractivity contribution in [2.75, 3.05) is 12.0 Å². The van der Waals surface area contributed by atoms with E-state index in [0.29, 0.717) is 0 Å². The normalized spacial score (nSPS) is 12.8. The second-order valence-corrected chi connectivity index (χ2v) is 4.54. The molecule has 0 aliphatic carbocycles. The number of aromatic nitrogens is 2. The van der Waals surface area contributed by atoms with Crippen LogP contribution in [0.4, 0.5) is 5.95 Å². The zero-order valence-electron chi connectivity index (χ0n) is 8.15. The molecule has 0 saturated heterocycles. The third-order valence-corrected chi connectivity index (χ3v) is 0.737. The molecule has 5 nitrogen and oxygen atoms in total. The third-order valence-electron chi connectivity index (χ3n) is 0.737. The van der Waals surface area contributed by atoms with E-state index in [1.54, 1.807) is 6.20 Å². The van der Waals surface area contributed by atoms with E-state index in [1.165, 1.54) is 6.26 Å². The molecule has 1 aromatic heterocycles. The van der Waals surface area contributed by atoms with Gasteiger partial charge >= 0.3 is 0 Å². The fourth-order valence-electron chi connectivity index (χ4n) is 0.366. The predicted molar refractivity (Wildman–Crippen MR) is 52.2 cm³/mol. The van der Waals surface area contributed by atoms with Crippen molar-refractivity contribution in [2.24, 2.45) is 0 Å². The molecule has 7 heteroatoms. The first kappa shape index (κ1) is 16.4. The third kappa shape index (κ3) is 14.5. The van der Waals surface area contributed by atoms with Gasteiger partial charge in [0.1, 0.15) is 5.95 Å². The van der Waals surface area contributed by atoms with Gasteiger partial charge < -0.3 is 15.7 Å². The van der Waals surface area contributed by atoms with Gasteiger partial charge in [-0.3, -0.25) is 8.99 Å². The Labute approximate surface area is 110 Å². The zero-order valence-corrected chi connectivity index (χ0v) is 11.8. The molecule has 0 saturated carbocycles. The molecule has 1 atom stereocenters. The molecule has 0 aliphatic heterocycles. The Balaban J connectivity index is 0. The van der Waals surface area contributed by atoms with E-state index in [9.17, 15) is 4.21 Å². The molecule has 14 heavy (non-hydrogen) atoms. The van der Waals surface area contributed by atoms with E-state index in [0.717, 1.165) is 5.56 Å². The maximum Gasteiger partial charge on any atom is 0.103 e. The maximum atomic E-state index is 9.74. The Bertz CT molecular complexity index is 319. The largest absolute Gasteiger partial charge is 0.420 e. The van der Waals surface area contributed by atoms with Crippen LogP contribution in [0, 0.1) is 24.2 Å². The van der Waals surface area contributed by atoms with Crippen molar-refractivity contribution in [3.05, 3.63) is 24.2 Å². The van der Waals surface area contributed by atoms with E-state index in [-0.39, 0.29) is 38.7 Å². The van der Waals surface area contributed by atoms with Gasteiger partial charge in [-0.25, -0.2) is 6.26 Å². The second kappa shape index (κ2) is 7.26. The zero-order chi connectivity index (χ0) is 10.5. The monoisotopic (exact) mass is 289 g/mol. The molecular formula is C7H12N4OSY-2. The van der Waals surface area contributed by atoms with Gasteiger partial charge in [-0.15, -0.1) is 5.56 Å². The van der Waals surface area contributed by atoms with Crippen LogP contribution in [-0.4, -0.2) is 20.4 Å². The van der Waals surface area contributed by atoms with Gasteiger partial charge in [-0.2, -0.15) is 0 Å². The van der Waals surface area contributed by atoms with E-state index < -0.39 is 9.73 Å². The number of aryl methyl sites for hydroxylation is 1. The van der Waals surface area contributed by atoms with Crippen LogP contribution in [0.1, 0.15) is 5.56 Å². The van der Waals surface area contributed by atoms with E-state index in [4.69, 9.17) is 10.5 Å². The first-order chi connectivity index (χ1) is 5.79. The Kier molecular flexibility index (Phi) is 8.48. The molecule has 1 radical (unpaired) electrons. The quantitative estimate of drug-likeness (QED) is 0.685. The molecule has 0 bridgehead atoms. The van der Waals surface area contributed by atoms with Crippen molar-refractivity contribution >= 4 is 15.7 Å². The van der Waals surface area contributed by atoms with Crippen LogP contribution in [-0.2, 0) is 42.4 Å². The van der Waals surface area contributed by atoms with E-state index in [2.05, 4.69) is 22.4 Å². The Morgan fingerprint density at radius 2 is 2.14 bits per heavy atom. The average molecular weight is 289 g/mol. The summed E-state index contributed by atoms with van der Waals surface area (Å²) in [6.45, 7) is 1.86. The minimum atomic E-state index is -2.42. The van der Waals surface area contributed by atoms with Crippen LogP contribution >= 0.6 is 0 Å². The smallest absolute Gasteiger partial charge is 0.103 e. The van der Waals surface area contributed by atoms with E-state index in [1.807, 2.05) is 6.92 Å². The minimum absolute atomic E-state index is 0. The topological polar surface area (TPSA) is 92.7 Å². The summed E-state index contributed by atoms with van der Waals surface area (Å²) in [7, 11) is -2.42. The van der Waals surface area contributed by atoms with Crippen molar-refractivity contribution in [1.82, 2.24) is 9.97 Å². The number of nitrogen functional groups attached to an aromatic ring is 1. The molecule has 77 valence electrons. The van der Waals surface area contributed by atoms with Gasteiger partial charge in [0, 0.05) is 32.7 Å². The molecule has 0 spiro atoms. The summed E-state index contributed by atoms with van der Waals surface area (Å²) in [6.07, 6.45) is 8.53. The van der Waals surface area contributed by atoms with Gasteiger partial charge in [0.15, 0.2) is 0 Å². The SMILES string of the molecule is Cc1[c-]nc(N)nc1.[CH2-]S(C)(=N)=O.[Y]. The summed E-state index contributed by atoms with van der Waals surface area (Å²) in [4.78, 5) is 7.33. The fraction of sp³-hybridized carbons (Fsp3) is 0.286. The molecule has 1 rings (SSSR count). The number of rotatable bonds is 0. The van der Waals surface area contributed by atoms with Crippen molar-refractivity contribution in [3.8, 4) is 0 Å². The minimum Gasteiger partial charge on any atom is -0.420 e. The number of hydrogen-bond donors (Lipinski definition) is 2. The average Bonchev–Trinajstić information content (AvgIpc) is 1.92. The number of nitrogens with one attached hydrogen (secondary N) is 1. The summed E-state index contributed by atoms with van der Waals surface area (Å²) in [5.74, 6) is 0.274. The number of anilines is 1. The molecule has 1 heterocycles. The summed E-state index contributed by atoms with van der Waals surface area (Å²) >= 11 is 0. The summed E-state index contributed by atoms with van der Waals surface area (Å²) in [5.41, 5.74) is 6.08. The molecule has 0 aliphatic rings. The summed E-state index contributed by atoms with van der Waals surface area (Å²) in [6, 6.07) is 0. The van der Waals surface area contributed by atoms with Crippen LogP contribution in [0.3, 0.4) is 0 Å². The first-order valence-corrected chi connectivity index (χ1v) is 5.46. The standard InChI is InChI=1S/C5H6N3.C2H6NOS.Y/c1-4-2-7-5(6)8-3-4;1-5(2,3)4;/h2H,1H3,(H2,6,7,8);3H,1H2,2H3;/q2*-1;. The maximum absolute atomic E-state index is 9.74. The molecule has 0 aromatic carbocycles. The van der Waals surface area contributed by atoms with Crippen LogP contribution < -0.4 is 5.73 Å². The molecular weight excluding hydrogens is 277 g/mol. The van der Waals surface area contributed by atoms with Gasteiger partial charge in [0.25, 0.3) is 0 Å². The van der Waals surface area contributed by atoms with Crippen LogP contribution in [0.25, 0.3) is 0 Å². The number of nitrogens with zero attached hydrogens (tertiary/aromatic N) is 2. The first-order valence-electron chi connectivity index (χ1n) is 3.32. The van der Waals surface area contributed by atoms with Gasteiger partial charge in [-0.05, 0) is 6.26 Å². The van der Waals surface area contributed by atoms with Crippen LogP contribution in [0.2, 0.25) is 0 Å².